The lowest BCUT2D eigenvalue weighted by atomic mass is 9.97. The van der Waals surface area contributed by atoms with Crippen molar-refractivity contribution in [1.82, 2.24) is 29.3 Å². The van der Waals surface area contributed by atoms with E-state index in [-0.39, 0.29) is 18.4 Å². The number of aromatic nitrogens is 4. The van der Waals surface area contributed by atoms with E-state index in [2.05, 4.69) is 27.1 Å². The summed E-state index contributed by atoms with van der Waals surface area (Å²) in [6.45, 7) is 3.31. The van der Waals surface area contributed by atoms with Crippen LogP contribution in [0.1, 0.15) is 33.8 Å². The lowest BCUT2D eigenvalue weighted by Crippen LogP contribution is -2.52. The number of benzene rings is 3. The molecule has 1 aliphatic heterocycles. The van der Waals surface area contributed by atoms with E-state index < -0.39 is 6.04 Å². The Morgan fingerprint density at radius 2 is 1.58 bits per heavy atom. The van der Waals surface area contributed by atoms with Gasteiger partial charge in [0.1, 0.15) is 11.9 Å². The van der Waals surface area contributed by atoms with Gasteiger partial charge in [-0.3, -0.25) is 9.59 Å². The van der Waals surface area contributed by atoms with Crippen LogP contribution in [-0.2, 0) is 42.6 Å². The number of fused-ring (bicyclic) bond motifs is 1. The van der Waals surface area contributed by atoms with Gasteiger partial charge in [-0.1, -0.05) is 78.9 Å². The normalized spacial score (nSPS) is 13.4. The van der Waals surface area contributed by atoms with Crippen molar-refractivity contribution in [3.63, 3.8) is 0 Å². The molecule has 2 amide bonds. The third-order valence-corrected chi connectivity index (χ3v) is 8.44. The number of carbonyl (C=O) groups is 2. The smallest absolute Gasteiger partial charge is 0.247 e. The van der Waals surface area contributed by atoms with Crippen molar-refractivity contribution in [2.75, 3.05) is 6.54 Å². The second-order valence-corrected chi connectivity index (χ2v) is 11.3. The maximum Gasteiger partial charge on any atom is 0.247 e. The first kappa shape index (κ1) is 29.7. The average molecular weight is 597 g/mol. The Labute approximate surface area is 263 Å². The van der Waals surface area contributed by atoms with Crippen LogP contribution in [0.3, 0.4) is 0 Å². The fourth-order valence-electron chi connectivity index (χ4n) is 5.74. The van der Waals surface area contributed by atoms with Gasteiger partial charge in [-0.2, -0.15) is 0 Å². The monoisotopic (exact) mass is 596 g/mol. The highest BCUT2D eigenvalue weighted by molar-refractivity contribution is 5.95. The molecule has 6 rings (SSSR count). The van der Waals surface area contributed by atoms with Crippen LogP contribution in [0.25, 0.3) is 17.5 Å². The first-order valence-corrected chi connectivity index (χ1v) is 15.2. The molecule has 1 unspecified atom stereocenters. The average Bonchev–Trinajstić information content (AvgIpc) is 3.41. The first-order chi connectivity index (χ1) is 22.0. The zero-order valence-electron chi connectivity index (χ0n) is 25.6. The number of aryl methyl sites for hydroxylation is 1. The number of amides is 2. The lowest BCUT2D eigenvalue weighted by molar-refractivity contribution is -0.144. The van der Waals surface area contributed by atoms with Gasteiger partial charge >= 0.3 is 0 Å². The Balaban J connectivity index is 1.35. The Bertz CT molecular complexity index is 1800. The molecule has 1 atom stereocenters. The second kappa shape index (κ2) is 13.5. The number of carbonyl (C=O) groups excluding carboxylic acids is 2. The zero-order valence-corrected chi connectivity index (χ0v) is 25.6. The molecule has 0 radical (unpaired) electrons. The molecule has 0 spiro atoms. The molecule has 8 nitrogen and oxygen atoms in total. The van der Waals surface area contributed by atoms with Gasteiger partial charge in [-0.15, -0.1) is 0 Å². The Hall–Kier alpha value is -5.37. The van der Waals surface area contributed by atoms with E-state index >= 15 is 0 Å². The molecule has 1 aliphatic rings. The topological polar surface area (TPSA) is 84.2 Å². The SMILES string of the molecule is Cc1ncc(C=CC(=O)N(Cc2ccc(-c3ncccn3)cc2)C(Cc2ccccc2)C(=O)N2CCc3ccccc3C2)n1C. The lowest BCUT2D eigenvalue weighted by Gasteiger charge is -2.37. The summed E-state index contributed by atoms with van der Waals surface area (Å²) in [7, 11) is 1.91. The van der Waals surface area contributed by atoms with Crippen LogP contribution < -0.4 is 0 Å². The van der Waals surface area contributed by atoms with Crippen molar-refractivity contribution >= 4 is 17.9 Å². The van der Waals surface area contributed by atoms with Crippen LogP contribution in [0.5, 0.6) is 0 Å². The largest absolute Gasteiger partial charge is 0.336 e. The number of hydrogen-bond donors (Lipinski definition) is 0. The van der Waals surface area contributed by atoms with Crippen LogP contribution >= 0.6 is 0 Å². The van der Waals surface area contributed by atoms with Gasteiger partial charge in [0.05, 0.1) is 11.9 Å². The number of imidazole rings is 1. The highest BCUT2D eigenvalue weighted by atomic mass is 16.2. The molecule has 3 heterocycles. The van der Waals surface area contributed by atoms with Gasteiger partial charge in [0.15, 0.2) is 5.82 Å². The molecule has 226 valence electrons. The summed E-state index contributed by atoms with van der Waals surface area (Å²) in [5, 5.41) is 0. The zero-order chi connectivity index (χ0) is 31.2. The maximum atomic E-state index is 14.5. The summed E-state index contributed by atoms with van der Waals surface area (Å²) in [5.74, 6) is 1.19. The van der Waals surface area contributed by atoms with Gasteiger partial charge in [-0.05, 0) is 47.7 Å². The molecule has 45 heavy (non-hydrogen) atoms. The van der Waals surface area contributed by atoms with Crippen LogP contribution in [0, 0.1) is 6.92 Å². The summed E-state index contributed by atoms with van der Waals surface area (Å²) in [5.41, 5.74) is 6.01. The predicted molar refractivity (Wildman–Crippen MR) is 174 cm³/mol. The minimum absolute atomic E-state index is 0.0548. The van der Waals surface area contributed by atoms with Gasteiger partial charge in [-0.25, -0.2) is 15.0 Å². The minimum Gasteiger partial charge on any atom is -0.336 e. The van der Waals surface area contributed by atoms with Crippen molar-refractivity contribution in [2.24, 2.45) is 7.05 Å². The van der Waals surface area contributed by atoms with Gasteiger partial charge in [0, 0.05) is 57.1 Å². The number of nitrogens with zero attached hydrogens (tertiary/aromatic N) is 6. The van der Waals surface area contributed by atoms with Crippen LogP contribution in [0.4, 0.5) is 0 Å². The summed E-state index contributed by atoms with van der Waals surface area (Å²) in [6, 6.07) is 27.1. The predicted octanol–water partition coefficient (Wildman–Crippen LogP) is 5.42. The van der Waals surface area contributed by atoms with E-state index in [1.54, 1.807) is 41.7 Å². The molecular formula is C37H36N6O2. The van der Waals surface area contributed by atoms with Crippen LogP contribution in [0.2, 0.25) is 0 Å². The van der Waals surface area contributed by atoms with Crippen LogP contribution in [0.15, 0.2) is 110 Å². The van der Waals surface area contributed by atoms with Gasteiger partial charge < -0.3 is 14.4 Å². The highest BCUT2D eigenvalue weighted by Crippen LogP contribution is 2.24. The molecule has 0 aliphatic carbocycles. The summed E-state index contributed by atoms with van der Waals surface area (Å²) in [4.78, 5) is 45.3. The third kappa shape index (κ3) is 6.91. The molecule has 2 aromatic heterocycles. The molecular weight excluding hydrogens is 560 g/mol. The summed E-state index contributed by atoms with van der Waals surface area (Å²) in [6.07, 6.45) is 9.68. The van der Waals surface area contributed by atoms with Gasteiger partial charge in [0.25, 0.3) is 0 Å². The molecule has 0 fully saturated rings. The Morgan fingerprint density at radius 3 is 2.29 bits per heavy atom. The van der Waals surface area contributed by atoms with Crippen molar-refractivity contribution in [3.8, 4) is 11.4 Å². The first-order valence-electron chi connectivity index (χ1n) is 15.2. The quantitative estimate of drug-likeness (QED) is 0.212. The Morgan fingerprint density at radius 1 is 0.867 bits per heavy atom. The van der Waals surface area contributed by atoms with E-state index in [0.717, 1.165) is 40.2 Å². The molecule has 0 N–H and O–H groups in total. The number of hydrogen-bond acceptors (Lipinski definition) is 5. The summed E-state index contributed by atoms with van der Waals surface area (Å²) >= 11 is 0. The van der Waals surface area contributed by atoms with E-state index in [1.807, 2.05) is 90.2 Å². The highest BCUT2D eigenvalue weighted by Gasteiger charge is 2.34. The standard InChI is InChI=1S/C37H36N6O2/c1-27-40-24-33(41(27)2)17-18-35(44)43(25-29-13-15-31(16-14-29)36-38-20-8-21-39-36)34(23-28-9-4-3-5-10-28)37(45)42-22-19-30-11-6-7-12-32(30)26-42/h3-18,20-21,24,34H,19,22-23,25-26H2,1-2H3. The van der Waals surface area contributed by atoms with E-state index in [4.69, 9.17) is 0 Å². The van der Waals surface area contributed by atoms with Crippen molar-refractivity contribution < 1.29 is 9.59 Å². The molecule has 0 saturated heterocycles. The molecule has 0 saturated carbocycles. The fraction of sp³-hybridized carbons (Fsp3) is 0.216. The third-order valence-electron chi connectivity index (χ3n) is 8.44. The minimum atomic E-state index is -0.708. The second-order valence-electron chi connectivity index (χ2n) is 11.3. The van der Waals surface area contributed by atoms with Crippen molar-refractivity contribution in [3.05, 3.63) is 143 Å². The van der Waals surface area contributed by atoms with Crippen molar-refractivity contribution in [1.29, 1.82) is 0 Å². The molecule has 5 aromatic rings. The summed E-state index contributed by atoms with van der Waals surface area (Å²) < 4.78 is 1.93. The maximum absolute atomic E-state index is 14.5. The van der Waals surface area contributed by atoms with Crippen LogP contribution in [-0.4, -0.2) is 53.7 Å². The van der Waals surface area contributed by atoms with E-state index in [1.165, 1.54) is 5.56 Å². The molecule has 8 heteroatoms. The molecule has 0 bridgehead atoms. The van der Waals surface area contributed by atoms with E-state index in [9.17, 15) is 9.59 Å². The van der Waals surface area contributed by atoms with Crippen molar-refractivity contribution in [2.45, 2.75) is 38.9 Å². The van der Waals surface area contributed by atoms with Gasteiger partial charge in [0.2, 0.25) is 11.8 Å². The fourth-order valence-corrected chi connectivity index (χ4v) is 5.74. The Kier molecular flexibility index (Phi) is 8.91. The number of rotatable bonds is 9. The van der Waals surface area contributed by atoms with E-state index in [0.29, 0.717) is 25.3 Å². The molecule has 3 aromatic carbocycles.